The molecule has 148 valence electrons. The van der Waals surface area contributed by atoms with Crippen molar-refractivity contribution in [3.63, 3.8) is 0 Å². The van der Waals surface area contributed by atoms with Crippen LogP contribution in [0.1, 0.15) is 41.0 Å². The second-order valence-electron chi connectivity index (χ2n) is 7.40. The first-order valence-corrected chi connectivity index (χ1v) is 10.4. The Hall–Kier alpha value is -2.94. The third kappa shape index (κ3) is 3.35. The molecule has 9 heteroatoms. The number of hydrogen-bond acceptors (Lipinski definition) is 7. The van der Waals surface area contributed by atoms with Crippen LogP contribution in [0.2, 0.25) is 0 Å². The number of benzene rings is 1. The Morgan fingerprint density at radius 2 is 2.07 bits per heavy atom. The van der Waals surface area contributed by atoms with Gasteiger partial charge in [-0.15, -0.1) is 0 Å². The summed E-state index contributed by atoms with van der Waals surface area (Å²) >= 11 is 1.25. The van der Waals surface area contributed by atoms with Gasteiger partial charge in [0.2, 0.25) is 0 Å². The Bertz CT molecular complexity index is 1120. The van der Waals surface area contributed by atoms with Gasteiger partial charge in [-0.05, 0) is 55.9 Å². The van der Waals surface area contributed by atoms with E-state index in [4.69, 9.17) is 5.41 Å². The van der Waals surface area contributed by atoms with Crippen molar-refractivity contribution in [3.8, 4) is 0 Å². The number of rotatable bonds is 3. The van der Waals surface area contributed by atoms with Crippen molar-refractivity contribution in [3.05, 3.63) is 40.9 Å². The molecule has 0 bridgehead atoms. The lowest BCUT2D eigenvalue weighted by atomic mass is 9.94. The van der Waals surface area contributed by atoms with Gasteiger partial charge in [-0.1, -0.05) is 11.3 Å². The fourth-order valence-corrected chi connectivity index (χ4v) is 4.79. The zero-order valence-electron chi connectivity index (χ0n) is 15.6. The van der Waals surface area contributed by atoms with Gasteiger partial charge in [-0.25, -0.2) is 19.3 Å². The number of thiazole rings is 1. The average molecular weight is 410 g/mol. The second-order valence-corrected chi connectivity index (χ2v) is 8.37. The van der Waals surface area contributed by atoms with Crippen LogP contribution in [0.5, 0.6) is 0 Å². The van der Waals surface area contributed by atoms with Crippen LogP contribution >= 0.6 is 11.3 Å². The largest absolute Gasteiger partial charge is 0.347 e. The molecule has 2 aliphatic rings. The third-order valence-corrected chi connectivity index (χ3v) is 6.45. The fourth-order valence-electron chi connectivity index (χ4n) is 3.99. The minimum Gasteiger partial charge on any atom is -0.347 e. The van der Waals surface area contributed by atoms with Crippen molar-refractivity contribution < 1.29 is 9.18 Å². The lowest BCUT2D eigenvalue weighted by molar-refractivity contribution is 0.0932. The van der Waals surface area contributed by atoms with E-state index in [9.17, 15) is 9.18 Å². The Balaban J connectivity index is 1.43. The van der Waals surface area contributed by atoms with Gasteiger partial charge in [0.25, 0.3) is 5.91 Å². The van der Waals surface area contributed by atoms with E-state index in [1.807, 2.05) is 4.90 Å². The molecule has 0 atom stereocenters. The summed E-state index contributed by atoms with van der Waals surface area (Å²) in [6.07, 6.45) is 5.26. The van der Waals surface area contributed by atoms with Crippen LogP contribution < -0.4 is 10.2 Å². The average Bonchev–Trinajstić information content (AvgIpc) is 3.33. The van der Waals surface area contributed by atoms with Gasteiger partial charge in [-0.3, -0.25) is 4.79 Å². The highest BCUT2D eigenvalue weighted by Gasteiger charge is 2.27. The summed E-state index contributed by atoms with van der Waals surface area (Å²) in [5.41, 5.74) is 3.19. The standard InChI is InChI=1S/C20H19FN6OS/c21-12-1-6-15-11(9-12)7-8-27(15)17-16-19(24-10-23-17)29-20(26-16)18(28)25-14-4-2-13(22)3-5-14/h1,6,9-10,14,22H,2-5,7-8H2,(H,25,28). The predicted molar refractivity (Wildman–Crippen MR) is 110 cm³/mol. The molecule has 5 rings (SSSR count). The highest BCUT2D eigenvalue weighted by Crippen LogP contribution is 2.37. The Morgan fingerprint density at radius 3 is 2.90 bits per heavy atom. The normalized spacial score (nSPS) is 18.9. The van der Waals surface area contributed by atoms with Gasteiger partial charge in [0.15, 0.2) is 10.8 Å². The summed E-state index contributed by atoms with van der Waals surface area (Å²) in [6, 6.07) is 4.83. The minimum absolute atomic E-state index is 0.0783. The van der Waals surface area contributed by atoms with Crippen molar-refractivity contribution in [2.24, 2.45) is 0 Å². The van der Waals surface area contributed by atoms with Crippen LogP contribution in [0.25, 0.3) is 10.3 Å². The summed E-state index contributed by atoms with van der Waals surface area (Å²) in [4.78, 5) is 28.6. The van der Waals surface area contributed by atoms with Crippen LogP contribution in [0.3, 0.4) is 0 Å². The third-order valence-electron chi connectivity index (χ3n) is 5.49. The maximum absolute atomic E-state index is 13.5. The molecule has 1 aliphatic carbocycles. The van der Waals surface area contributed by atoms with E-state index in [0.717, 1.165) is 49.1 Å². The van der Waals surface area contributed by atoms with E-state index >= 15 is 0 Å². The van der Waals surface area contributed by atoms with Gasteiger partial charge in [0, 0.05) is 24.0 Å². The number of halogens is 1. The van der Waals surface area contributed by atoms with Gasteiger partial charge < -0.3 is 15.6 Å². The number of amides is 1. The summed E-state index contributed by atoms with van der Waals surface area (Å²) in [7, 11) is 0. The van der Waals surface area contributed by atoms with Gasteiger partial charge >= 0.3 is 0 Å². The number of fused-ring (bicyclic) bond motifs is 2. The lowest BCUT2D eigenvalue weighted by Crippen LogP contribution is -2.37. The Kier molecular flexibility index (Phi) is 4.46. The topological polar surface area (TPSA) is 94.9 Å². The predicted octanol–water partition coefficient (Wildman–Crippen LogP) is 3.61. The van der Waals surface area contributed by atoms with E-state index in [2.05, 4.69) is 20.3 Å². The van der Waals surface area contributed by atoms with E-state index in [1.165, 1.54) is 23.7 Å². The molecule has 29 heavy (non-hydrogen) atoms. The summed E-state index contributed by atoms with van der Waals surface area (Å²) in [6.45, 7) is 0.679. The SMILES string of the molecule is N=C1CCC(NC(=O)c2nc3c(N4CCc5cc(F)ccc54)ncnc3s2)CC1. The van der Waals surface area contributed by atoms with Crippen LogP contribution in [-0.2, 0) is 6.42 Å². The molecule has 2 aromatic heterocycles. The zero-order valence-corrected chi connectivity index (χ0v) is 16.4. The van der Waals surface area contributed by atoms with Crippen molar-refractivity contribution in [1.29, 1.82) is 5.41 Å². The molecular weight excluding hydrogens is 391 g/mol. The van der Waals surface area contributed by atoms with Crippen molar-refractivity contribution in [1.82, 2.24) is 20.3 Å². The molecule has 1 fully saturated rings. The Morgan fingerprint density at radius 1 is 1.24 bits per heavy atom. The maximum Gasteiger partial charge on any atom is 0.280 e. The van der Waals surface area contributed by atoms with E-state index < -0.39 is 0 Å². The molecule has 1 aromatic carbocycles. The monoisotopic (exact) mass is 410 g/mol. The first-order chi connectivity index (χ1) is 14.1. The highest BCUT2D eigenvalue weighted by molar-refractivity contribution is 7.20. The highest BCUT2D eigenvalue weighted by atomic mass is 32.1. The molecular formula is C20H19FN6OS. The molecule has 1 aliphatic heterocycles. The van der Waals surface area contributed by atoms with E-state index in [-0.39, 0.29) is 17.8 Å². The van der Waals surface area contributed by atoms with E-state index in [0.29, 0.717) is 27.7 Å². The molecule has 0 saturated heterocycles. The summed E-state index contributed by atoms with van der Waals surface area (Å²) in [5.74, 6) is 0.187. The van der Waals surface area contributed by atoms with Crippen molar-refractivity contribution in [2.75, 3.05) is 11.4 Å². The molecule has 1 saturated carbocycles. The smallest absolute Gasteiger partial charge is 0.280 e. The van der Waals surface area contributed by atoms with Crippen LogP contribution in [0.4, 0.5) is 15.9 Å². The van der Waals surface area contributed by atoms with Crippen molar-refractivity contribution >= 4 is 44.8 Å². The molecule has 1 amide bonds. The Labute approximate surface area is 170 Å². The summed E-state index contributed by atoms with van der Waals surface area (Å²) < 4.78 is 13.5. The summed E-state index contributed by atoms with van der Waals surface area (Å²) in [5, 5.41) is 11.1. The number of carbonyl (C=O) groups excluding carboxylic acids is 1. The number of anilines is 2. The number of hydrogen-bond donors (Lipinski definition) is 2. The molecule has 0 spiro atoms. The van der Waals surface area contributed by atoms with Gasteiger partial charge in [0.1, 0.15) is 22.5 Å². The maximum atomic E-state index is 13.5. The molecule has 7 nitrogen and oxygen atoms in total. The van der Waals surface area contributed by atoms with Crippen LogP contribution in [0.15, 0.2) is 24.5 Å². The number of aromatic nitrogens is 3. The van der Waals surface area contributed by atoms with Crippen molar-refractivity contribution in [2.45, 2.75) is 38.1 Å². The molecule has 0 unspecified atom stereocenters. The first kappa shape index (κ1) is 18.1. The molecule has 0 radical (unpaired) electrons. The van der Waals surface area contributed by atoms with E-state index in [1.54, 1.807) is 12.1 Å². The minimum atomic E-state index is -0.246. The fraction of sp³-hybridized carbons (Fsp3) is 0.350. The molecule has 2 N–H and O–H groups in total. The van der Waals surface area contributed by atoms with Crippen LogP contribution in [0, 0.1) is 11.2 Å². The van der Waals surface area contributed by atoms with Gasteiger partial charge in [-0.2, -0.15) is 0 Å². The number of nitrogens with one attached hydrogen (secondary N) is 2. The zero-order chi connectivity index (χ0) is 20.0. The number of carbonyl (C=O) groups is 1. The molecule has 3 heterocycles. The number of nitrogens with zero attached hydrogens (tertiary/aromatic N) is 4. The first-order valence-electron chi connectivity index (χ1n) is 9.63. The second kappa shape index (κ2) is 7.14. The van der Waals surface area contributed by atoms with Gasteiger partial charge in [0.05, 0.1) is 0 Å². The quantitative estimate of drug-likeness (QED) is 0.688. The molecule has 3 aromatic rings. The van der Waals surface area contributed by atoms with Crippen LogP contribution in [-0.4, -0.2) is 39.2 Å². The lowest BCUT2D eigenvalue weighted by Gasteiger charge is -2.22.